The zero-order valence-electron chi connectivity index (χ0n) is 15.7. The average molecular weight is 358 g/mol. The van der Waals surface area contributed by atoms with Crippen LogP contribution in [0, 0.1) is 6.92 Å². The topological polar surface area (TPSA) is 96.2 Å². The third-order valence-corrected chi connectivity index (χ3v) is 4.47. The van der Waals surface area contributed by atoms with E-state index >= 15 is 0 Å². The van der Waals surface area contributed by atoms with Crippen molar-refractivity contribution in [2.75, 3.05) is 18.4 Å². The monoisotopic (exact) mass is 358 g/mol. The third kappa shape index (κ3) is 4.37. The van der Waals surface area contributed by atoms with Crippen LogP contribution < -0.4 is 5.32 Å². The number of aryl methyl sites for hydroxylation is 2. The van der Waals surface area contributed by atoms with Crippen LogP contribution in [0.15, 0.2) is 24.8 Å². The molecule has 3 rings (SSSR count). The van der Waals surface area contributed by atoms with Crippen molar-refractivity contribution in [1.29, 1.82) is 0 Å². The number of likely N-dealkylation sites (tertiary alicyclic amines) is 1. The number of anilines is 1. The number of nitrogens with one attached hydrogen (secondary N) is 1. The number of aliphatic hydroxyl groups is 1. The molecule has 1 saturated heterocycles. The molecule has 0 saturated carbocycles. The van der Waals surface area contributed by atoms with Gasteiger partial charge in [0.05, 0.1) is 30.1 Å². The van der Waals surface area contributed by atoms with E-state index in [0.29, 0.717) is 19.0 Å². The standard InChI is InChI=1S/C18H26N6O2/c1-12-5-6-19-17(21-12)22-15-10-24(16(25)7-18(2,3)26)8-13(15)14-9-23(4)11-20-14/h5-6,9,11,13,15,26H,7-8,10H2,1-4H3,(H,19,21,22)/t13-,15+/m0/s1. The Morgan fingerprint density at radius 2 is 2.15 bits per heavy atom. The van der Waals surface area contributed by atoms with Gasteiger partial charge in [0.1, 0.15) is 0 Å². The summed E-state index contributed by atoms with van der Waals surface area (Å²) in [6, 6.07) is 1.80. The summed E-state index contributed by atoms with van der Waals surface area (Å²) < 4.78 is 1.90. The molecule has 0 spiro atoms. The Morgan fingerprint density at radius 3 is 2.77 bits per heavy atom. The SMILES string of the molecule is Cc1ccnc(N[C@@H]2CN(C(=O)CC(C)(C)O)C[C@H]2c2cn(C)cn2)n1. The van der Waals surface area contributed by atoms with E-state index in [9.17, 15) is 9.90 Å². The molecule has 0 aromatic carbocycles. The fraction of sp³-hybridized carbons (Fsp3) is 0.556. The second-order valence-electron chi connectivity index (χ2n) is 7.63. The molecule has 140 valence electrons. The first-order valence-corrected chi connectivity index (χ1v) is 8.75. The van der Waals surface area contributed by atoms with E-state index in [1.807, 2.05) is 30.8 Å². The number of aromatic nitrogens is 4. The van der Waals surface area contributed by atoms with Crippen LogP contribution in [0.3, 0.4) is 0 Å². The molecule has 26 heavy (non-hydrogen) atoms. The zero-order chi connectivity index (χ0) is 18.9. The first kappa shape index (κ1) is 18.3. The normalized spacial score (nSPS) is 20.4. The molecule has 2 N–H and O–H groups in total. The van der Waals surface area contributed by atoms with Crippen LogP contribution in [0.2, 0.25) is 0 Å². The van der Waals surface area contributed by atoms with Gasteiger partial charge >= 0.3 is 0 Å². The zero-order valence-corrected chi connectivity index (χ0v) is 15.7. The fourth-order valence-corrected chi connectivity index (χ4v) is 3.24. The minimum atomic E-state index is -1.03. The maximum atomic E-state index is 12.6. The molecule has 2 aromatic heterocycles. The van der Waals surface area contributed by atoms with Crippen molar-refractivity contribution in [3.05, 3.63) is 36.2 Å². The second kappa shape index (κ2) is 7.03. The molecule has 0 unspecified atom stereocenters. The van der Waals surface area contributed by atoms with E-state index in [1.165, 1.54) is 0 Å². The number of hydrogen-bond acceptors (Lipinski definition) is 6. The summed E-state index contributed by atoms with van der Waals surface area (Å²) >= 11 is 0. The van der Waals surface area contributed by atoms with Crippen LogP contribution in [0.4, 0.5) is 5.95 Å². The highest BCUT2D eigenvalue weighted by molar-refractivity contribution is 5.77. The summed E-state index contributed by atoms with van der Waals surface area (Å²) in [5, 5.41) is 13.3. The molecule has 8 nitrogen and oxygen atoms in total. The predicted octanol–water partition coefficient (Wildman–Crippen LogP) is 1.09. The molecular weight excluding hydrogens is 332 g/mol. The number of nitrogens with zero attached hydrogens (tertiary/aromatic N) is 5. The Kier molecular flexibility index (Phi) is 4.95. The van der Waals surface area contributed by atoms with Gasteiger partial charge in [0.15, 0.2) is 0 Å². The molecule has 8 heteroatoms. The largest absolute Gasteiger partial charge is 0.390 e. The van der Waals surface area contributed by atoms with E-state index in [1.54, 1.807) is 31.3 Å². The van der Waals surface area contributed by atoms with Crippen LogP contribution in [0.5, 0.6) is 0 Å². The Balaban J connectivity index is 1.80. The van der Waals surface area contributed by atoms with E-state index in [4.69, 9.17) is 0 Å². The minimum absolute atomic E-state index is 0.0334. The van der Waals surface area contributed by atoms with Gasteiger partial charge in [-0.2, -0.15) is 0 Å². The number of imidazole rings is 1. The highest BCUT2D eigenvalue weighted by Crippen LogP contribution is 2.29. The smallest absolute Gasteiger partial charge is 0.225 e. The van der Waals surface area contributed by atoms with Gasteiger partial charge in [0.2, 0.25) is 11.9 Å². The minimum Gasteiger partial charge on any atom is -0.390 e. The number of amides is 1. The molecular formula is C18H26N6O2. The quantitative estimate of drug-likeness (QED) is 0.830. The Hall–Kier alpha value is -2.48. The fourth-order valence-electron chi connectivity index (χ4n) is 3.24. The second-order valence-corrected chi connectivity index (χ2v) is 7.63. The van der Waals surface area contributed by atoms with Gasteiger partial charge < -0.3 is 19.9 Å². The van der Waals surface area contributed by atoms with E-state index in [0.717, 1.165) is 11.4 Å². The van der Waals surface area contributed by atoms with Crippen LogP contribution >= 0.6 is 0 Å². The first-order valence-electron chi connectivity index (χ1n) is 8.75. The van der Waals surface area contributed by atoms with Crippen molar-refractivity contribution in [2.24, 2.45) is 7.05 Å². The highest BCUT2D eigenvalue weighted by atomic mass is 16.3. The summed E-state index contributed by atoms with van der Waals surface area (Å²) in [6.07, 6.45) is 5.54. The van der Waals surface area contributed by atoms with Gasteiger partial charge in [-0.1, -0.05) is 0 Å². The molecule has 0 aliphatic carbocycles. The summed E-state index contributed by atoms with van der Waals surface area (Å²) in [4.78, 5) is 27.5. The molecule has 0 bridgehead atoms. The molecule has 2 aromatic rings. The number of carbonyl (C=O) groups excluding carboxylic acids is 1. The summed E-state index contributed by atoms with van der Waals surface area (Å²) in [6.45, 7) is 6.28. The lowest BCUT2D eigenvalue weighted by Gasteiger charge is -2.22. The van der Waals surface area contributed by atoms with Crippen molar-refractivity contribution < 1.29 is 9.90 Å². The maximum Gasteiger partial charge on any atom is 0.225 e. The molecule has 0 radical (unpaired) electrons. The van der Waals surface area contributed by atoms with E-state index in [-0.39, 0.29) is 24.3 Å². The number of hydrogen-bond donors (Lipinski definition) is 2. The Bertz CT molecular complexity index is 782. The first-order chi connectivity index (χ1) is 12.2. The van der Waals surface area contributed by atoms with Gasteiger partial charge in [-0.15, -0.1) is 0 Å². The van der Waals surface area contributed by atoms with Crippen molar-refractivity contribution in [3.63, 3.8) is 0 Å². The van der Waals surface area contributed by atoms with Gasteiger partial charge in [-0.05, 0) is 26.8 Å². The molecule has 2 atom stereocenters. The van der Waals surface area contributed by atoms with Crippen molar-refractivity contribution in [3.8, 4) is 0 Å². The van der Waals surface area contributed by atoms with Gasteiger partial charge in [-0.3, -0.25) is 4.79 Å². The number of carbonyl (C=O) groups is 1. The van der Waals surface area contributed by atoms with Gasteiger partial charge in [0, 0.05) is 44.1 Å². The van der Waals surface area contributed by atoms with Crippen molar-refractivity contribution >= 4 is 11.9 Å². The maximum absolute atomic E-state index is 12.6. The Labute approximate surface area is 153 Å². The van der Waals surface area contributed by atoms with Gasteiger partial charge in [0.25, 0.3) is 0 Å². The van der Waals surface area contributed by atoms with Crippen LogP contribution in [-0.2, 0) is 11.8 Å². The van der Waals surface area contributed by atoms with Crippen LogP contribution in [-0.4, -0.2) is 60.2 Å². The summed E-state index contributed by atoms with van der Waals surface area (Å²) in [5.41, 5.74) is 0.781. The van der Waals surface area contributed by atoms with Crippen LogP contribution in [0.25, 0.3) is 0 Å². The van der Waals surface area contributed by atoms with Crippen molar-refractivity contribution in [1.82, 2.24) is 24.4 Å². The predicted molar refractivity (Wildman–Crippen MR) is 97.6 cm³/mol. The molecule has 1 aliphatic heterocycles. The lowest BCUT2D eigenvalue weighted by atomic mass is 10.0. The highest BCUT2D eigenvalue weighted by Gasteiger charge is 2.38. The molecule has 1 amide bonds. The van der Waals surface area contributed by atoms with E-state index < -0.39 is 5.60 Å². The lowest BCUT2D eigenvalue weighted by Crippen LogP contribution is -2.36. The average Bonchev–Trinajstić information content (AvgIpc) is 3.12. The van der Waals surface area contributed by atoms with Gasteiger partial charge in [-0.25, -0.2) is 15.0 Å². The summed E-state index contributed by atoms with van der Waals surface area (Å²) in [5.74, 6) is 0.520. The molecule has 3 heterocycles. The molecule has 1 aliphatic rings. The van der Waals surface area contributed by atoms with Crippen molar-refractivity contribution in [2.45, 2.75) is 44.8 Å². The lowest BCUT2D eigenvalue weighted by molar-refractivity contribution is -0.134. The third-order valence-electron chi connectivity index (χ3n) is 4.47. The number of rotatable bonds is 5. The Morgan fingerprint density at radius 1 is 1.38 bits per heavy atom. The van der Waals surface area contributed by atoms with E-state index in [2.05, 4.69) is 20.3 Å². The van der Waals surface area contributed by atoms with Crippen LogP contribution in [0.1, 0.15) is 37.6 Å². The molecule has 1 fully saturated rings. The summed E-state index contributed by atoms with van der Waals surface area (Å²) in [7, 11) is 1.93.